The van der Waals surface area contributed by atoms with Gasteiger partial charge in [0.25, 0.3) is 0 Å². The van der Waals surface area contributed by atoms with Crippen molar-refractivity contribution in [3.63, 3.8) is 0 Å². The quantitative estimate of drug-likeness (QED) is 0.451. The molecular formula is C34H43FO7. The molecule has 5 rings (SSSR count). The second kappa shape index (κ2) is 10.2. The van der Waals surface area contributed by atoms with E-state index in [1.54, 1.807) is 58.0 Å². The highest BCUT2D eigenvalue weighted by Gasteiger charge is 2.75. The topological polar surface area (TPSA) is 110 Å². The third-order valence-electron chi connectivity index (χ3n) is 10.7. The van der Waals surface area contributed by atoms with Gasteiger partial charge in [0.2, 0.25) is 0 Å². The van der Waals surface area contributed by atoms with Crippen molar-refractivity contribution < 1.29 is 38.5 Å². The van der Waals surface area contributed by atoms with Crippen LogP contribution < -0.4 is 0 Å². The van der Waals surface area contributed by atoms with Crippen molar-refractivity contribution in [3.8, 4) is 0 Å². The maximum Gasteiger partial charge on any atom is 0.338 e. The molecule has 4 aliphatic rings. The number of alkyl halides is 1. The molecule has 4 aliphatic carbocycles. The molecule has 0 aromatic heterocycles. The lowest BCUT2D eigenvalue weighted by Gasteiger charge is -2.62. The molecule has 3 saturated carbocycles. The average molecular weight is 583 g/mol. The highest BCUT2D eigenvalue weighted by molar-refractivity contribution is 6.01. The van der Waals surface area contributed by atoms with Crippen LogP contribution in [0.15, 0.2) is 48.1 Å². The summed E-state index contributed by atoms with van der Waals surface area (Å²) in [4.78, 5) is 38.0. The van der Waals surface area contributed by atoms with Gasteiger partial charge in [-0.05, 0) is 95.1 Å². The van der Waals surface area contributed by atoms with Crippen LogP contribution in [0.5, 0.6) is 0 Å². The lowest BCUT2D eigenvalue weighted by atomic mass is 9.44. The first kappa shape index (κ1) is 30.8. The largest absolute Gasteiger partial charge is 0.456 e. The van der Waals surface area contributed by atoms with Crippen LogP contribution in [0, 0.1) is 28.6 Å². The van der Waals surface area contributed by atoms with Crippen molar-refractivity contribution in [2.45, 2.75) is 96.8 Å². The Hall–Kier alpha value is -2.68. The van der Waals surface area contributed by atoms with Crippen molar-refractivity contribution in [1.82, 2.24) is 0 Å². The summed E-state index contributed by atoms with van der Waals surface area (Å²) in [6, 6.07) is 6.74. The molecule has 0 heterocycles. The minimum absolute atomic E-state index is 0.0754. The second-order valence-electron chi connectivity index (χ2n) is 14.3. The average Bonchev–Trinajstić information content (AvgIpc) is 3.10. The van der Waals surface area contributed by atoms with Gasteiger partial charge in [0, 0.05) is 16.7 Å². The Morgan fingerprint density at radius 3 is 2.43 bits per heavy atom. The number of aliphatic hydroxyl groups is 2. The van der Waals surface area contributed by atoms with E-state index in [-0.39, 0.29) is 31.3 Å². The minimum atomic E-state index is -2.02. The van der Waals surface area contributed by atoms with E-state index in [4.69, 9.17) is 9.47 Å². The zero-order valence-corrected chi connectivity index (χ0v) is 25.4. The number of fused-ring (bicyclic) bond motifs is 5. The van der Waals surface area contributed by atoms with E-state index in [0.29, 0.717) is 30.4 Å². The number of rotatable bonds is 6. The van der Waals surface area contributed by atoms with Crippen molar-refractivity contribution in [1.29, 1.82) is 0 Å². The Kier molecular flexibility index (Phi) is 7.48. The number of esters is 1. The molecule has 0 saturated heterocycles. The number of ether oxygens (including phenoxy) is 2. The first-order valence-corrected chi connectivity index (χ1v) is 14.9. The van der Waals surface area contributed by atoms with Crippen LogP contribution in [0.3, 0.4) is 0 Å². The van der Waals surface area contributed by atoms with Crippen molar-refractivity contribution in [2.75, 3.05) is 6.61 Å². The van der Waals surface area contributed by atoms with Crippen LogP contribution in [-0.4, -0.2) is 57.3 Å². The number of halogens is 1. The summed E-state index contributed by atoms with van der Waals surface area (Å²) in [5.74, 6) is -2.45. The van der Waals surface area contributed by atoms with Crippen molar-refractivity contribution in [2.24, 2.45) is 28.6 Å². The van der Waals surface area contributed by atoms with Crippen molar-refractivity contribution >= 4 is 17.5 Å². The molecule has 228 valence electrons. The van der Waals surface area contributed by atoms with Crippen LogP contribution in [0.1, 0.15) is 83.1 Å². The summed E-state index contributed by atoms with van der Waals surface area (Å²) >= 11 is 0. The number of carbonyl (C=O) groups is 3. The monoisotopic (exact) mass is 582 g/mol. The molecule has 7 nitrogen and oxygen atoms in total. The summed E-state index contributed by atoms with van der Waals surface area (Å²) < 4.78 is 28.5. The maximum absolute atomic E-state index is 17.3. The first-order chi connectivity index (χ1) is 19.5. The molecule has 1 aromatic carbocycles. The number of allylic oxidation sites excluding steroid dienone is 4. The predicted octanol–water partition coefficient (Wildman–Crippen LogP) is 5.08. The summed E-state index contributed by atoms with van der Waals surface area (Å²) in [5.41, 5.74) is -4.74. The van der Waals surface area contributed by atoms with Gasteiger partial charge in [-0.25, -0.2) is 9.18 Å². The molecule has 0 spiro atoms. The highest BCUT2D eigenvalue weighted by Crippen LogP contribution is 2.70. The van der Waals surface area contributed by atoms with E-state index in [1.807, 2.05) is 13.8 Å². The zero-order chi connectivity index (χ0) is 30.9. The van der Waals surface area contributed by atoms with E-state index in [9.17, 15) is 24.6 Å². The molecule has 0 amide bonds. The van der Waals surface area contributed by atoms with Gasteiger partial charge in [-0.1, -0.05) is 37.6 Å². The Bertz CT molecular complexity index is 1340. The summed E-state index contributed by atoms with van der Waals surface area (Å²) in [7, 11) is 0. The lowest BCUT2D eigenvalue weighted by molar-refractivity contribution is -0.220. The standard InChI is InChI=1S/C34H43FO7/c1-20-15-26-25-12-11-23-16-24(36)13-14-31(23,5)33(25,35)27(37)17-32(26,6)34(20,40)28(38)19-41-18-21-7-9-22(10-8-21)29(39)42-30(2,3)4/h7-10,13-14,16,20,25-27,37,40H,11-12,15,17-19H2,1-6H3/t20-,25+,26+,27+,31+,32+,33+,34+/m1/s1. The van der Waals surface area contributed by atoms with Gasteiger partial charge in [0.05, 0.1) is 18.3 Å². The summed E-state index contributed by atoms with van der Waals surface area (Å²) in [5, 5.41) is 23.6. The number of ketones is 2. The van der Waals surface area contributed by atoms with Crippen molar-refractivity contribution in [3.05, 3.63) is 59.2 Å². The molecule has 0 unspecified atom stereocenters. The third-order valence-corrected chi connectivity index (χ3v) is 10.7. The van der Waals surface area contributed by atoms with Gasteiger partial charge in [-0.2, -0.15) is 0 Å². The smallest absolute Gasteiger partial charge is 0.338 e. The fourth-order valence-electron chi connectivity index (χ4n) is 8.59. The molecule has 0 radical (unpaired) electrons. The molecule has 8 atom stereocenters. The van der Waals surface area contributed by atoms with E-state index < -0.39 is 57.4 Å². The molecular weight excluding hydrogens is 539 g/mol. The Morgan fingerprint density at radius 1 is 1.12 bits per heavy atom. The Labute approximate surface area is 247 Å². The molecule has 3 fully saturated rings. The molecule has 8 heteroatoms. The van der Waals surface area contributed by atoms with Gasteiger partial charge in [0.1, 0.15) is 17.8 Å². The number of hydrogen-bond acceptors (Lipinski definition) is 7. The Balaban J connectivity index is 1.30. The highest BCUT2D eigenvalue weighted by atomic mass is 19.1. The van der Waals surface area contributed by atoms with Crippen LogP contribution in [0.2, 0.25) is 0 Å². The summed E-state index contributed by atoms with van der Waals surface area (Å²) in [6.45, 7) is 10.5. The zero-order valence-electron chi connectivity index (χ0n) is 25.4. The van der Waals surface area contributed by atoms with Gasteiger partial charge in [0.15, 0.2) is 17.2 Å². The number of benzene rings is 1. The number of Topliss-reactive ketones (excluding diaryl/α,β-unsaturated/α-hetero) is 1. The van der Waals surface area contributed by atoms with E-state index in [2.05, 4.69) is 0 Å². The van der Waals surface area contributed by atoms with Crippen LogP contribution in [0.4, 0.5) is 4.39 Å². The molecule has 0 bridgehead atoms. The molecule has 2 N–H and O–H groups in total. The van der Waals surface area contributed by atoms with Crippen LogP contribution in [0.25, 0.3) is 0 Å². The minimum Gasteiger partial charge on any atom is -0.456 e. The molecule has 1 aromatic rings. The van der Waals surface area contributed by atoms with Crippen LogP contribution in [-0.2, 0) is 25.7 Å². The normalized spacial score (nSPS) is 39.2. The van der Waals surface area contributed by atoms with Crippen LogP contribution >= 0.6 is 0 Å². The molecule has 0 aliphatic heterocycles. The van der Waals surface area contributed by atoms with E-state index in [0.717, 1.165) is 5.56 Å². The summed E-state index contributed by atoms with van der Waals surface area (Å²) in [6.07, 6.45) is 4.39. The third kappa shape index (κ3) is 4.52. The van der Waals surface area contributed by atoms with Gasteiger partial charge < -0.3 is 19.7 Å². The number of carbonyl (C=O) groups excluding carboxylic acids is 3. The van der Waals surface area contributed by atoms with Gasteiger partial charge in [-0.3, -0.25) is 9.59 Å². The second-order valence-corrected chi connectivity index (χ2v) is 14.3. The van der Waals surface area contributed by atoms with Gasteiger partial charge in [-0.15, -0.1) is 0 Å². The number of hydrogen-bond donors (Lipinski definition) is 2. The van der Waals surface area contributed by atoms with E-state index in [1.165, 1.54) is 12.2 Å². The fraction of sp³-hybridized carbons (Fsp3) is 0.618. The maximum atomic E-state index is 17.3. The predicted molar refractivity (Wildman–Crippen MR) is 154 cm³/mol. The van der Waals surface area contributed by atoms with E-state index >= 15 is 4.39 Å². The molecule has 42 heavy (non-hydrogen) atoms. The number of aliphatic hydroxyl groups excluding tert-OH is 1. The van der Waals surface area contributed by atoms with Gasteiger partial charge >= 0.3 is 5.97 Å². The SMILES string of the molecule is C[C@@H]1C[C@H]2[C@@H]3CCC4=CC(=O)C=C[C@]4(C)[C@@]3(F)[C@@H](O)C[C@]2(C)[C@@]1(O)C(=O)COCc1ccc(C(=O)OC(C)(C)C)cc1. The fourth-order valence-corrected chi connectivity index (χ4v) is 8.59. The first-order valence-electron chi connectivity index (χ1n) is 14.9. The lowest BCUT2D eigenvalue weighted by Crippen LogP contribution is -2.69. The Morgan fingerprint density at radius 2 is 1.79 bits per heavy atom.